The molecule has 0 radical (unpaired) electrons. The molecule has 2 aromatic heterocycles. The quantitative estimate of drug-likeness (QED) is 0.394. The fourth-order valence-corrected chi connectivity index (χ4v) is 3.08. The number of nitro benzene ring substituents is 1. The Labute approximate surface area is 159 Å². The maximum absolute atomic E-state index is 12.2. The van der Waals surface area contributed by atoms with Crippen LogP contribution in [0.1, 0.15) is 5.56 Å². The van der Waals surface area contributed by atoms with E-state index in [1.54, 1.807) is 30.0 Å². The summed E-state index contributed by atoms with van der Waals surface area (Å²) in [6.07, 6.45) is 3.34. The number of benzene rings is 1. The van der Waals surface area contributed by atoms with Crippen LogP contribution in [0.4, 0.5) is 11.4 Å². The van der Waals surface area contributed by atoms with E-state index in [-0.39, 0.29) is 17.3 Å². The van der Waals surface area contributed by atoms with E-state index < -0.39 is 4.92 Å². The highest BCUT2D eigenvalue weighted by Gasteiger charge is 2.14. The van der Waals surface area contributed by atoms with Crippen LogP contribution in [0.3, 0.4) is 0 Å². The third-order valence-corrected chi connectivity index (χ3v) is 4.83. The number of rotatable bonds is 6. The number of thioether (sulfide) groups is 1. The number of amides is 1. The lowest BCUT2D eigenvalue weighted by atomic mass is 10.2. The van der Waals surface area contributed by atoms with Gasteiger partial charge in [0.15, 0.2) is 11.0 Å². The molecule has 1 amide bonds. The molecule has 0 fully saturated rings. The van der Waals surface area contributed by atoms with Crippen LogP contribution in [-0.4, -0.2) is 36.3 Å². The number of non-ortho nitro benzene ring substituents is 1. The molecule has 0 saturated carbocycles. The molecule has 0 aliphatic heterocycles. The van der Waals surface area contributed by atoms with Crippen molar-refractivity contribution in [2.75, 3.05) is 11.1 Å². The van der Waals surface area contributed by atoms with Crippen molar-refractivity contribution in [3.63, 3.8) is 0 Å². The molecule has 138 valence electrons. The summed E-state index contributed by atoms with van der Waals surface area (Å²) >= 11 is 1.23. The van der Waals surface area contributed by atoms with Crippen molar-refractivity contribution in [2.24, 2.45) is 7.05 Å². The number of aromatic nitrogens is 4. The van der Waals surface area contributed by atoms with Crippen LogP contribution in [-0.2, 0) is 11.8 Å². The van der Waals surface area contributed by atoms with Gasteiger partial charge in [0, 0.05) is 37.1 Å². The second-order valence-corrected chi connectivity index (χ2v) is 6.64. The minimum Gasteiger partial charge on any atom is -0.325 e. The van der Waals surface area contributed by atoms with Gasteiger partial charge in [0.2, 0.25) is 5.91 Å². The predicted octanol–water partition coefficient (Wildman–Crippen LogP) is 2.82. The first-order chi connectivity index (χ1) is 13.0. The summed E-state index contributed by atoms with van der Waals surface area (Å²) in [7, 11) is 1.82. The maximum Gasteiger partial charge on any atom is 0.271 e. The largest absolute Gasteiger partial charge is 0.325 e. The molecule has 1 aromatic carbocycles. The molecule has 3 rings (SSSR count). The first-order valence-electron chi connectivity index (χ1n) is 7.93. The lowest BCUT2D eigenvalue weighted by molar-refractivity contribution is -0.384. The summed E-state index contributed by atoms with van der Waals surface area (Å²) in [4.78, 5) is 26.6. The average molecular weight is 384 g/mol. The molecule has 0 unspecified atom stereocenters. The highest BCUT2D eigenvalue weighted by molar-refractivity contribution is 7.99. The van der Waals surface area contributed by atoms with Gasteiger partial charge in [-0.1, -0.05) is 17.8 Å². The Kier molecular flexibility index (Phi) is 5.46. The highest BCUT2D eigenvalue weighted by atomic mass is 32.2. The minimum atomic E-state index is -0.496. The lowest BCUT2D eigenvalue weighted by Crippen LogP contribution is -2.15. The normalized spacial score (nSPS) is 10.6. The maximum atomic E-state index is 12.2. The van der Waals surface area contributed by atoms with Crippen molar-refractivity contribution in [3.8, 4) is 11.4 Å². The number of anilines is 1. The Hall–Kier alpha value is -3.27. The molecule has 9 nitrogen and oxygen atoms in total. The Bertz CT molecular complexity index is 990. The van der Waals surface area contributed by atoms with Gasteiger partial charge < -0.3 is 9.88 Å². The molecule has 0 aliphatic rings. The van der Waals surface area contributed by atoms with Gasteiger partial charge in [0.05, 0.1) is 16.4 Å². The number of carbonyl (C=O) groups is 1. The van der Waals surface area contributed by atoms with E-state index in [2.05, 4.69) is 20.5 Å². The van der Waals surface area contributed by atoms with Crippen molar-refractivity contribution in [2.45, 2.75) is 12.1 Å². The van der Waals surface area contributed by atoms with Crippen LogP contribution < -0.4 is 5.32 Å². The van der Waals surface area contributed by atoms with Crippen molar-refractivity contribution in [1.29, 1.82) is 0 Å². The molecule has 0 saturated heterocycles. The molecule has 0 spiro atoms. The van der Waals surface area contributed by atoms with Crippen LogP contribution in [0.2, 0.25) is 0 Å². The fourth-order valence-electron chi connectivity index (χ4n) is 2.37. The van der Waals surface area contributed by atoms with E-state index >= 15 is 0 Å². The van der Waals surface area contributed by atoms with E-state index in [0.29, 0.717) is 16.7 Å². The number of hydrogen-bond acceptors (Lipinski definition) is 7. The van der Waals surface area contributed by atoms with E-state index in [0.717, 1.165) is 11.1 Å². The zero-order valence-corrected chi connectivity index (χ0v) is 15.4. The molecule has 0 bridgehead atoms. The monoisotopic (exact) mass is 384 g/mol. The second kappa shape index (κ2) is 7.96. The first kappa shape index (κ1) is 18.5. The Morgan fingerprint density at radius 3 is 2.70 bits per heavy atom. The summed E-state index contributed by atoms with van der Waals surface area (Å²) in [5.41, 5.74) is 1.98. The zero-order chi connectivity index (χ0) is 19.4. The van der Waals surface area contributed by atoms with Crippen LogP contribution >= 0.6 is 11.8 Å². The molecule has 10 heteroatoms. The second-order valence-electron chi connectivity index (χ2n) is 5.69. The predicted molar refractivity (Wildman–Crippen MR) is 101 cm³/mol. The summed E-state index contributed by atoms with van der Waals surface area (Å²) in [5, 5.41) is 22.4. The minimum absolute atomic E-state index is 0.0705. The Morgan fingerprint density at radius 2 is 2.00 bits per heavy atom. The molecule has 1 N–H and O–H groups in total. The highest BCUT2D eigenvalue weighted by Crippen LogP contribution is 2.24. The average Bonchev–Trinajstić information content (AvgIpc) is 3.03. The summed E-state index contributed by atoms with van der Waals surface area (Å²) in [5.74, 6) is 0.497. The number of aryl methyl sites for hydroxylation is 1. The first-order valence-corrected chi connectivity index (χ1v) is 8.91. The van der Waals surface area contributed by atoms with Crippen molar-refractivity contribution in [1.82, 2.24) is 19.7 Å². The molecule has 3 aromatic rings. The van der Waals surface area contributed by atoms with Crippen molar-refractivity contribution in [3.05, 3.63) is 58.4 Å². The molecular formula is C17H16N6O3S. The molecule has 0 aliphatic carbocycles. The standard InChI is InChI=1S/C17H16N6O3S/c1-11-3-4-13(23(25)26)9-14(11)19-15(24)10-27-17-21-20-16(22(17)2)12-5-7-18-8-6-12/h3-9H,10H2,1-2H3,(H,19,24). The molecule has 0 atom stereocenters. The number of pyridine rings is 1. The van der Waals surface area contributed by atoms with Gasteiger partial charge in [-0.3, -0.25) is 19.9 Å². The fraction of sp³-hybridized carbons (Fsp3) is 0.176. The molecule has 2 heterocycles. The number of nitrogens with one attached hydrogen (secondary N) is 1. The van der Waals surface area contributed by atoms with Gasteiger partial charge in [-0.05, 0) is 24.6 Å². The van der Waals surface area contributed by atoms with Gasteiger partial charge in [0.25, 0.3) is 5.69 Å². The molecule has 27 heavy (non-hydrogen) atoms. The van der Waals surface area contributed by atoms with E-state index in [9.17, 15) is 14.9 Å². The van der Waals surface area contributed by atoms with Gasteiger partial charge in [-0.15, -0.1) is 10.2 Å². The van der Waals surface area contributed by atoms with Crippen LogP contribution in [0, 0.1) is 17.0 Å². The van der Waals surface area contributed by atoms with Gasteiger partial charge in [-0.25, -0.2) is 0 Å². The lowest BCUT2D eigenvalue weighted by Gasteiger charge is -2.08. The van der Waals surface area contributed by atoms with Gasteiger partial charge >= 0.3 is 0 Å². The SMILES string of the molecule is Cc1ccc([N+](=O)[O-])cc1NC(=O)CSc1nnc(-c2ccncc2)n1C. The summed E-state index contributed by atoms with van der Waals surface area (Å²) in [6.45, 7) is 1.77. The zero-order valence-electron chi connectivity index (χ0n) is 14.6. The Balaban J connectivity index is 1.66. The number of nitro groups is 1. The topological polar surface area (TPSA) is 116 Å². The van der Waals surface area contributed by atoms with Gasteiger partial charge in [-0.2, -0.15) is 0 Å². The third-order valence-electron chi connectivity index (χ3n) is 3.81. The third kappa shape index (κ3) is 4.29. The van der Waals surface area contributed by atoms with Crippen LogP contribution in [0.25, 0.3) is 11.4 Å². The van der Waals surface area contributed by atoms with E-state index in [1.807, 2.05) is 19.2 Å². The van der Waals surface area contributed by atoms with Gasteiger partial charge in [0.1, 0.15) is 0 Å². The Morgan fingerprint density at radius 1 is 1.26 bits per heavy atom. The van der Waals surface area contributed by atoms with E-state index in [1.165, 1.54) is 23.9 Å². The van der Waals surface area contributed by atoms with Crippen molar-refractivity contribution < 1.29 is 9.72 Å². The van der Waals surface area contributed by atoms with Crippen LogP contribution in [0.5, 0.6) is 0 Å². The van der Waals surface area contributed by atoms with Crippen molar-refractivity contribution >= 4 is 29.0 Å². The number of nitrogens with zero attached hydrogens (tertiary/aromatic N) is 5. The van der Waals surface area contributed by atoms with Crippen LogP contribution in [0.15, 0.2) is 47.9 Å². The number of carbonyl (C=O) groups excluding carboxylic acids is 1. The summed E-state index contributed by atoms with van der Waals surface area (Å²) < 4.78 is 1.80. The smallest absolute Gasteiger partial charge is 0.271 e. The summed E-state index contributed by atoms with van der Waals surface area (Å²) in [6, 6.07) is 8.01. The van der Waals surface area contributed by atoms with E-state index in [4.69, 9.17) is 0 Å². The number of hydrogen-bond donors (Lipinski definition) is 1. The molecular weight excluding hydrogens is 368 g/mol.